The molecule has 0 saturated carbocycles. The molecule has 0 bridgehead atoms. The van der Waals surface area contributed by atoms with Crippen molar-refractivity contribution in [3.63, 3.8) is 0 Å². The van der Waals surface area contributed by atoms with E-state index in [9.17, 15) is 0 Å². The van der Waals surface area contributed by atoms with Crippen LogP contribution in [0.2, 0.25) is 0 Å². The zero-order valence-electron chi connectivity index (χ0n) is 5.01. The summed E-state index contributed by atoms with van der Waals surface area (Å²) in [5.74, 6) is -0.833. The van der Waals surface area contributed by atoms with Crippen LogP contribution in [0.3, 0.4) is 0 Å². The maximum Gasteiger partial charge on any atom is 0.300 e. The van der Waals surface area contributed by atoms with Crippen molar-refractivity contribution in [3.8, 4) is 6.07 Å². The normalized spacial score (nSPS) is 4.12. The fourth-order valence-electron chi connectivity index (χ4n) is 0. The minimum Gasteiger partial charge on any atom is -0.481 e. The van der Waals surface area contributed by atoms with Crippen LogP contribution in [0.15, 0.2) is 0 Å². The van der Waals surface area contributed by atoms with Gasteiger partial charge in [-0.15, -0.1) is 0 Å². The summed E-state index contributed by atoms with van der Waals surface area (Å²) in [5, 5.41) is 14.7. The Kier molecular flexibility index (Phi) is 31.3. The molecule has 0 aromatic rings. The molecule has 0 aliphatic heterocycles. The van der Waals surface area contributed by atoms with E-state index < -0.39 is 5.97 Å². The minimum atomic E-state index is -0.833. The second kappa shape index (κ2) is 16.0. The van der Waals surface area contributed by atoms with E-state index in [2.05, 4.69) is 0 Å². The Balaban J connectivity index is -0.0000000575. The first-order chi connectivity index (χ1) is 3.15. The van der Waals surface area contributed by atoms with Crippen molar-refractivity contribution >= 4 is 5.97 Å². The molecule has 0 aliphatic rings. The molecule has 0 heterocycles. The molecule has 42 valence electrons. The van der Waals surface area contributed by atoms with Gasteiger partial charge in [0.2, 0.25) is 0 Å². The van der Waals surface area contributed by atoms with Crippen LogP contribution in [0.4, 0.5) is 0 Å². The van der Waals surface area contributed by atoms with Gasteiger partial charge in [-0.3, -0.25) is 4.79 Å². The number of carboxylic acid groups (broad SMARTS) is 1. The fourth-order valence-corrected chi connectivity index (χ4v) is 0. The molecule has 1 N–H and O–H groups in total. The average molecular weight is 166 g/mol. The SMILES string of the molecule is CC#N.CC(=O)O.[Zn]. The van der Waals surface area contributed by atoms with Gasteiger partial charge in [0.05, 0.1) is 6.07 Å². The van der Waals surface area contributed by atoms with Gasteiger partial charge in [-0.2, -0.15) is 5.26 Å². The Hall–Kier alpha value is -0.417. The third-order valence-corrected chi connectivity index (χ3v) is 0. The first-order valence-electron chi connectivity index (χ1n) is 1.65. The summed E-state index contributed by atoms with van der Waals surface area (Å²) in [6.45, 7) is 2.51. The molecule has 0 aromatic heterocycles. The maximum atomic E-state index is 9.00. The second-order valence-corrected chi connectivity index (χ2v) is 0.743. The fraction of sp³-hybridized carbons (Fsp3) is 0.500. The van der Waals surface area contributed by atoms with Crippen molar-refractivity contribution < 1.29 is 29.4 Å². The molecule has 8 heavy (non-hydrogen) atoms. The smallest absolute Gasteiger partial charge is 0.300 e. The average Bonchev–Trinajstić information content (AvgIpc) is 1.33. The molecule has 0 rings (SSSR count). The van der Waals surface area contributed by atoms with Crippen molar-refractivity contribution in [3.05, 3.63) is 0 Å². The summed E-state index contributed by atoms with van der Waals surface area (Å²) in [5.41, 5.74) is 0. The molecule has 0 unspecified atom stereocenters. The van der Waals surface area contributed by atoms with E-state index in [0.717, 1.165) is 6.92 Å². The van der Waals surface area contributed by atoms with Crippen LogP contribution in [0.5, 0.6) is 0 Å². The van der Waals surface area contributed by atoms with Crippen molar-refractivity contribution in [2.24, 2.45) is 0 Å². The zero-order valence-corrected chi connectivity index (χ0v) is 7.98. The van der Waals surface area contributed by atoms with Crippen molar-refractivity contribution in [2.75, 3.05) is 0 Å². The van der Waals surface area contributed by atoms with Gasteiger partial charge in [0, 0.05) is 33.3 Å². The molecule has 4 heteroatoms. The van der Waals surface area contributed by atoms with Gasteiger partial charge in [0.25, 0.3) is 5.97 Å². The predicted molar refractivity (Wildman–Crippen MR) is 24.6 cm³/mol. The Labute approximate surface area is 61.1 Å². The molecule has 0 fully saturated rings. The Morgan fingerprint density at radius 1 is 1.75 bits per heavy atom. The van der Waals surface area contributed by atoms with E-state index in [1.54, 1.807) is 6.07 Å². The number of carboxylic acids is 1. The number of carbonyl (C=O) groups is 1. The summed E-state index contributed by atoms with van der Waals surface area (Å²) >= 11 is 0. The Bertz CT molecular complexity index is 82.5. The molecule has 0 saturated heterocycles. The molecule has 0 spiro atoms. The van der Waals surface area contributed by atoms with Crippen molar-refractivity contribution in [1.82, 2.24) is 0 Å². The standard InChI is InChI=1S/C2H3N.C2H4O2.Zn/c1-2-3;1-2(3)4;/h1H3;1H3,(H,3,4);. The number of nitriles is 1. The summed E-state index contributed by atoms with van der Waals surface area (Å²) < 4.78 is 0. The third kappa shape index (κ3) is 676. The number of nitrogens with zero attached hydrogens (tertiary/aromatic N) is 1. The van der Waals surface area contributed by atoms with Crippen LogP contribution < -0.4 is 0 Å². The van der Waals surface area contributed by atoms with Gasteiger partial charge in [-0.25, -0.2) is 0 Å². The summed E-state index contributed by atoms with van der Waals surface area (Å²) in [6, 6.07) is 1.75. The van der Waals surface area contributed by atoms with Gasteiger partial charge >= 0.3 is 0 Å². The molecule has 0 amide bonds. The van der Waals surface area contributed by atoms with Crippen LogP contribution in [0.1, 0.15) is 13.8 Å². The molecule has 0 radical (unpaired) electrons. The quantitative estimate of drug-likeness (QED) is 0.537. The Morgan fingerprint density at radius 3 is 1.75 bits per heavy atom. The van der Waals surface area contributed by atoms with Crippen LogP contribution in [-0.2, 0) is 24.3 Å². The van der Waals surface area contributed by atoms with Gasteiger partial charge in [0.1, 0.15) is 0 Å². The molecule has 3 nitrogen and oxygen atoms in total. The van der Waals surface area contributed by atoms with E-state index in [1.165, 1.54) is 6.92 Å². The van der Waals surface area contributed by atoms with E-state index in [0.29, 0.717) is 0 Å². The molecule has 0 atom stereocenters. The third-order valence-electron chi connectivity index (χ3n) is 0. The second-order valence-electron chi connectivity index (χ2n) is 0.743. The molecular weight excluding hydrogens is 159 g/mol. The number of aliphatic carboxylic acids is 1. The van der Waals surface area contributed by atoms with Crippen LogP contribution in [0.25, 0.3) is 0 Å². The van der Waals surface area contributed by atoms with Gasteiger partial charge in [0.15, 0.2) is 0 Å². The first-order valence-corrected chi connectivity index (χ1v) is 1.65. The van der Waals surface area contributed by atoms with Crippen LogP contribution >= 0.6 is 0 Å². The summed E-state index contributed by atoms with van der Waals surface area (Å²) in [6.07, 6.45) is 0. The first kappa shape index (κ1) is 15.6. The van der Waals surface area contributed by atoms with Gasteiger partial charge in [-0.1, -0.05) is 0 Å². The Morgan fingerprint density at radius 2 is 1.75 bits per heavy atom. The topological polar surface area (TPSA) is 61.1 Å². The maximum absolute atomic E-state index is 9.00. The van der Waals surface area contributed by atoms with Crippen LogP contribution in [0, 0.1) is 11.3 Å². The number of hydrogen-bond donors (Lipinski definition) is 1. The number of rotatable bonds is 0. The largest absolute Gasteiger partial charge is 0.481 e. The van der Waals surface area contributed by atoms with Crippen molar-refractivity contribution in [1.29, 1.82) is 5.26 Å². The van der Waals surface area contributed by atoms with E-state index >= 15 is 0 Å². The molecule has 0 aromatic carbocycles. The van der Waals surface area contributed by atoms with Crippen LogP contribution in [-0.4, -0.2) is 11.1 Å². The molecular formula is C4H7NO2Zn. The zero-order chi connectivity index (χ0) is 6.28. The van der Waals surface area contributed by atoms with E-state index in [1.807, 2.05) is 0 Å². The monoisotopic (exact) mass is 165 g/mol. The summed E-state index contributed by atoms with van der Waals surface area (Å²) in [7, 11) is 0. The predicted octanol–water partition coefficient (Wildman–Crippen LogP) is 0.618. The summed E-state index contributed by atoms with van der Waals surface area (Å²) in [4.78, 5) is 9.00. The van der Waals surface area contributed by atoms with Gasteiger partial charge in [-0.05, 0) is 0 Å². The van der Waals surface area contributed by atoms with Crippen molar-refractivity contribution in [2.45, 2.75) is 13.8 Å². The minimum absolute atomic E-state index is 0. The van der Waals surface area contributed by atoms with E-state index in [4.69, 9.17) is 15.2 Å². The molecule has 0 aliphatic carbocycles. The van der Waals surface area contributed by atoms with Gasteiger partial charge < -0.3 is 5.11 Å². The number of hydrogen-bond acceptors (Lipinski definition) is 2. The van der Waals surface area contributed by atoms with E-state index in [-0.39, 0.29) is 19.5 Å².